The van der Waals surface area contributed by atoms with Crippen LogP contribution in [0.25, 0.3) is 0 Å². The van der Waals surface area contributed by atoms with Crippen molar-refractivity contribution in [3.8, 4) is 0 Å². The fourth-order valence-electron chi connectivity index (χ4n) is 1.04. The molecule has 16 heavy (non-hydrogen) atoms. The highest BCUT2D eigenvalue weighted by atomic mass is 19.4. The summed E-state index contributed by atoms with van der Waals surface area (Å²) < 4.78 is 35.2. The van der Waals surface area contributed by atoms with E-state index in [1.54, 1.807) is 0 Å². The largest absolute Gasteiger partial charge is 0.481 e. The average molecular weight is 242 g/mol. The lowest BCUT2D eigenvalue weighted by Crippen LogP contribution is -2.22. The van der Waals surface area contributed by atoms with Crippen molar-refractivity contribution in [2.45, 2.75) is 31.9 Å². The van der Waals surface area contributed by atoms with E-state index in [1.165, 1.54) is 0 Å². The van der Waals surface area contributed by atoms with Gasteiger partial charge in [0.05, 0.1) is 11.7 Å². The molecule has 5 nitrogen and oxygen atoms in total. The molecule has 0 aromatic heterocycles. The molecule has 0 aromatic rings. The van der Waals surface area contributed by atoms with Gasteiger partial charge in [-0.3, -0.25) is 9.80 Å². The van der Waals surface area contributed by atoms with Crippen LogP contribution in [-0.2, 0) is 4.79 Å². The summed E-state index contributed by atoms with van der Waals surface area (Å²) in [4.78, 5) is 20.3. The average Bonchev–Trinajstić information content (AvgIpc) is 2.15. The van der Waals surface area contributed by atoms with E-state index in [0.29, 0.717) is 0 Å². The first-order valence-corrected chi connectivity index (χ1v) is 4.72. The summed E-state index contributed by atoms with van der Waals surface area (Å²) in [5.74, 6) is -1.08. The van der Waals surface area contributed by atoms with E-state index in [-0.39, 0.29) is 32.4 Å². The Morgan fingerprint density at radius 3 is 2.31 bits per heavy atom. The Kier molecular flexibility index (Phi) is 6.43. The molecule has 0 radical (unpaired) electrons. The zero-order chi connectivity index (χ0) is 12.6. The minimum absolute atomic E-state index is 0.0485. The van der Waals surface area contributed by atoms with Gasteiger partial charge in [-0.25, -0.2) is 0 Å². The second-order valence-corrected chi connectivity index (χ2v) is 3.25. The van der Waals surface area contributed by atoms with Gasteiger partial charge >= 0.3 is 12.1 Å². The first-order chi connectivity index (χ1) is 7.35. The van der Waals surface area contributed by atoms with Crippen molar-refractivity contribution in [2.75, 3.05) is 13.1 Å². The van der Waals surface area contributed by atoms with Gasteiger partial charge < -0.3 is 5.11 Å². The monoisotopic (exact) mass is 242 g/mol. The summed E-state index contributed by atoms with van der Waals surface area (Å²) in [6, 6.07) is 0. The van der Waals surface area contributed by atoms with Crippen molar-refractivity contribution in [1.29, 1.82) is 0 Å². The molecule has 0 saturated carbocycles. The Morgan fingerprint density at radius 2 is 1.88 bits per heavy atom. The Labute approximate surface area is 90.2 Å². The Bertz CT molecular complexity index is 233. The quantitative estimate of drug-likeness (QED) is 0.402. The van der Waals surface area contributed by atoms with Gasteiger partial charge in [0, 0.05) is 19.5 Å². The van der Waals surface area contributed by atoms with Crippen LogP contribution in [0.15, 0.2) is 5.29 Å². The maximum Gasteiger partial charge on any atom is 0.389 e. The van der Waals surface area contributed by atoms with Gasteiger partial charge in [-0.05, 0) is 12.8 Å². The Balaban J connectivity index is 3.63. The predicted molar refractivity (Wildman–Crippen MR) is 49.5 cm³/mol. The molecule has 0 unspecified atom stereocenters. The van der Waals surface area contributed by atoms with Crippen molar-refractivity contribution in [2.24, 2.45) is 5.29 Å². The second-order valence-electron chi connectivity index (χ2n) is 3.25. The number of aliphatic carboxylic acids is 1. The third-order valence-corrected chi connectivity index (χ3v) is 1.83. The molecule has 0 aromatic carbocycles. The zero-order valence-electron chi connectivity index (χ0n) is 8.53. The normalized spacial score (nSPS) is 11.2. The number of hydrogen-bond donors (Lipinski definition) is 1. The van der Waals surface area contributed by atoms with E-state index < -0.39 is 18.6 Å². The van der Waals surface area contributed by atoms with Crippen LogP contribution >= 0.6 is 0 Å². The maximum atomic E-state index is 11.7. The summed E-state index contributed by atoms with van der Waals surface area (Å²) >= 11 is 0. The molecule has 8 heteroatoms. The molecule has 0 spiro atoms. The molecule has 0 amide bonds. The fraction of sp³-hybridized carbons (Fsp3) is 0.875. The highest BCUT2D eigenvalue weighted by molar-refractivity contribution is 5.66. The van der Waals surface area contributed by atoms with Crippen LogP contribution < -0.4 is 0 Å². The van der Waals surface area contributed by atoms with Crippen LogP contribution in [0.1, 0.15) is 25.7 Å². The van der Waals surface area contributed by atoms with Crippen molar-refractivity contribution < 1.29 is 23.1 Å². The predicted octanol–water partition coefficient (Wildman–Crippen LogP) is 2.18. The molecular weight excluding hydrogens is 229 g/mol. The summed E-state index contributed by atoms with van der Waals surface area (Å²) in [6.07, 6.45) is -5.29. The molecule has 0 saturated heterocycles. The molecule has 0 aliphatic carbocycles. The number of carbonyl (C=O) groups is 1. The van der Waals surface area contributed by atoms with Gasteiger partial charge in [0.2, 0.25) is 0 Å². The standard InChI is InChI=1S/C8H13F3N2O3/c9-8(10,11)4-1-2-5-13(12-16)6-3-7(14)15/h1-6H2,(H,14,15). The lowest BCUT2D eigenvalue weighted by molar-refractivity contribution is -0.137. The molecule has 1 N–H and O–H groups in total. The molecule has 0 bridgehead atoms. The van der Waals surface area contributed by atoms with Crippen molar-refractivity contribution in [3.63, 3.8) is 0 Å². The highest BCUT2D eigenvalue weighted by Gasteiger charge is 2.25. The molecule has 0 atom stereocenters. The van der Waals surface area contributed by atoms with Crippen molar-refractivity contribution >= 4 is 5.97 Å². The van der Waals surface area contributed by atoms with E-state index in [0.717, 1.165) is 5.01 Å². The smallest absolute Gasteiger partial charge is 0.389 e. The Hall–Kier alpha value is -1.34. The Morgan fingerprint density at radius 1 is 1.25 bits per heavy atom. The minimum atomic E-state index is -4.19. The minimum Gasteiger partial charge on any atom is -0.481 e. The number of halogens is 3. The number of carboxylic acids is 1. The second kappa shape index (κ2) is 7.02. The van der Waals surface area contributed by atoms with Crippen LogP contribution in [0.3, 0.4) is 0 Å². The van der Waals surface area contributed by atoms with Gasteiger partial charge in [-0.15, -0.1) is 4.91 Å². The van der Waals surface area contributed by atoms with Crippen LogP contribution in [0.2, 0.25) is 0 Å². The third-order valence-electron chi connectivity index (χ3n) is 1.83. The summed E-state index contributed by atoms with van der Waals surface area (Å²) in [6.45, 7) is -0.0300. The first kappa shape index (κ1) is 14.7. The number of hydrogen-bond acceptors (Lipinski definition) is 3. The van der Waals surface area contributed by atoms with Gasteiger partial charge in [0.25, 0.3) is 0 Å². The lowest BCUT2D eigenvalue weighted by Gasteiger charge is -2.13. The van der Waals surface area contributed by atoms with E-state index in [4.69, 9.17) is 5.11 Å². The van der Waals surface area contributed by atoms with E-state index in [2.05, 4.69) is 5.29 Å². The van der Waals surface area contributed by atoms with Crippen molar-refractivity contribution in [3.05, 3.63) is 4.91 Å². The third kappa shape index (κ3) is 9.22. The first-order valence-electron chi connectivity index (χ1n) is 4.72. The highest BCUT2D eigenvalue weighted by Crippen LogP contribution is 2.22. The van der Waals surface area contributed by atoms with Gasteiger partial charge in [0.1, 0.15) is 0 Å². The topological polar surface area (TPSA) is 70.0 Å². The number of carboxylic acid groups (broad SMARTS) is 1. The molecule has 0 aliphatic heterocycles. The maximum absolute atomic E-state index is 11.7. The number of nitrogens with zero attached hydrogens (tertiary/aromatic N) is 2. The summed E-state index contributed by atoms with van der Waals surface area (Å²) in [5, 5.41) is 11.8. The number of rotatable bonds is 8. The fourth-order valence-corrected chi connectivity index (χ4v) is 1.04. The molecule has 0 aliphatic rings. The van der Waals surface area contributed by atoms with Gasteiger partial charge in [0.15, 0.2) is 0 Å². The summed E-state index contributed by atoms with van der Waals surface area (Å²) in [5.41, 5.74) is 0. The lowest BCUT2D eigenvalue weighted by atomic mass is 10.2. The van der Waals surface area contributed by atoms with Crippen molar-refractivity contribution in [1.82, 2.24) is 5.01 Å². The van der Waals surface area contributed by atoms with E-state index in [9.17, 15) is 22.9 Å². The molecule has 0 rings (SSSR count). The number of unbranched alkanes of at least 4 members (excludes halogenated alkanes) is 1. The van der Waals surface area contributed by atoms with Crippen LogP contribution in [-0.4, -0.2) is 35.4 Å². The van der Waals surface area contributed by atoms with Crippen LogP contribution in [0.4, 0.5) is 13.2 Å². The molecular formula is C8H13F3N2O3. The zero-order valence-corrected chi connectivity index (χ0v) is 8.53. The molecule has 94 valence electrons. The SMILES string of the molecule is O=NN(CCCCC(F)(F)F)CCC(=O)O. The summed E-state index contributed by atoms with van der Waals surface area (Å²) in [7, 11) is 0. The molecule has 0 fully saturated rings. The van der Waals surface area contributed by atoms with Gasteiger partial charge in [-0.1, -0.05) is 0 Å². The van der Waals surface area contributed by atoms with Gasteiger partial charge in [-0.2, -0.15) is 13.2 Å². The van der Waals surface area contributed by atoms with Crippen LogP contribution in [0.5, 0.6) is 0 Å². The van der Waals surface area contributed by atoms with E-state index in [1.807, 2.05) is 0 Å². The number of nitroso groups, excluding NO2 is 1. The van der Waals surface area contributed by atoms with Crippen LogP contribution in [0, 0.1) is 4.91 Å². The number of alkyl halides is 3. The molecule has 0 heterocycles. The van der Waals surface area contributed by atoms with E-state index >= 15 is 0 Å².